The van der Waals surface area contributed by atoms with Gasteiger partial charge < -0.3 is 8.94 Å². The van der Waals surface area contributed by atoms with Gasteiger partial charge in [0, 0.05) is 22.0 Å². The highest BCUT2D eigenvalue weighted by molar-refractivity contribution is 7.98. The number of aromatic nitrogens is 4. The third-order valence-corrected chi connectivity index (χ3v) is 7.13. The van der Waals surface area contributed by atoms with E-state index in [1.165, 1.54) is 11.8 Å². The lowest BCUT2D eigenvalue weighted by Gasteiger charge is -2.17. The molecule has 3 aromatic heterocycles. The van der Waals surface area contributed by atoms with E-state index in [9.17, 15) is 4.79 Å². The molecule has 0 spiro atoms. The Kier molecular flexibility index (Phi) is 5.19. The van der Waals surface area contributed by atoms with E-state index in [1.54, 1.807) is 16.7 Å². The molecule has 0 bridgehead atoms. The maximum absolute atomic E-state index is 13.5. The fourth-order valence-corrected chi connectivity index (χ4v) is 5.49. The van der Waals surface area contributed by atoms with E-state index in [0.717, 1.165) is 36.6 Å². The van der Waals surface area contributed by atoms with Gasteiger partial charge in [-0.2, -0.15) is 4.98 Å². The van der Waals surface area contributed by atoms with E-state index in [2.05, 4.69) is 10.1 Å². The molecule has 3 heterocycles. The lowest BCUT2D eigenvalue weighted by Crippen LogP contribution is -2.26. The zero-order chi connectivity index (χ0) is 22.4. The normalized spacial score (nSPS) is 14.6. The summed E-state index contributed by atoms with van der Waals surface area (Å²) in [7, 11) is 0. The van der Waals surface area contributed by atoms with E-state index in [1.807, 2.05) is 36.4 Å². The Hall–Kier alpha value is -3.10. The van der Waals surface area contributed by atoms with Gasteiger partial charge >= 0.3 is 0 Å². The van der Waals surface area contributed by atoms with Crippen LogP contribution in [0.2, 0.25) is 5.02 Å². The van der Waals surface area contributed by atoms with Crippen LogP contribution in [0.4, 0.5) is 0 Å². The van der Waals surface area contributed by atoms with Gasteiger partial charge in [0.15, 0.2) is 5.16 Å². The Bertz CT molecular complexity index is 1530. The lowest BCUT2D eigenvalue weighted by atomic mass is 10.2. The molecule has 9 heteroatoms. The van der Waals surface area contributed by atoms with E-state index < -0.39 is 0 Å². The summed E-state index contributed by atoms with van der Waals surface area (Å²) in [5.41, 5.74) is 2.23. The van der Waals surface area contributed by atoms with Crippen LogP contribution in [0.1, 0.15) is 37.6 Å². The molecule has 1 aliphatic carbocycles. The number of hydrogen-bond donors (Lipinski definition) is 0. The van der Waals surface area contributed by atoms with E-state index >= 15 is 0 Å². The molecule has 1 saturated carbocycles. The maximum Gasteiger partial charge on any atom is 0.298 e. The van der Waals surface area contributed by atoms with Crippen LogP contribution in [0, 0.1) is 0 Å². The molecule has 0 saturated heterocycles. The van der Waals surface area contributed by atoms with Gasteiger partial charge in [0.25, 0.3) is 5.56 Å². The van der Waals surface area contributed by atoms with Crippen LogP contribution < -0.4 is 5.56 Å². The quantitative estimate of drug-likeness (QED) is 0.218. The first-order valence-electron chi connectivity index (χ1n) is 10.8. The topological polar surface area (TPSA) is 86.9 Å². The van der Waals surface area contributed by atoms with Gasteiger partial charge in [-0.1, -0.05) is 65.6 Å². The summed E-state index contributed by atoms with van der Waals surface area (Å²) in [4.78, 5) is 22.9. The standard InChI is InChI=1S/C24H19ClN4O3S/c25-15-7-5-6-14(12-15)22-26-19(32-28-22)13-33-24-27-20-17-10-3-4-11-18(17)31-21(20)23(30)29(24)16-8-1-2-9-16/h3-7,10-12,16H,1-2,8-9,13H2. The number of para-hydroxylation sites is 1. The molecule has 0 radical (unpaired) electrons. The second kappa shape index (κ2) is 8.35. The van der Waals surface area contributed by atoms with Crippen LogP contribution in [0.3, 0.4) is 0 Å². The molecule has 2 aromatic carbocycles. The molecular weight excluding hydrogens is 460 g/mol. The first kappa shape index (κ1) is 20.5. The summed E-state index contributed by atoms with van der Waals surface area (Å²) in [6, 6.07) is 15.0. The lowest BCUT2D eigenvalue weighted by molar-refractivity contribution is 0.391. The molecule has 1 aliphatic rings. The van der Waals surface area contributed by atoms with Gasteiger partial charge in [-0.05, 0) is 37.1 Å². The van der Waals surface area contributed by atoms with Crippen molar-refractivity contribution in [3.63, 3.8) is 0 Å². The van der Waals surface area contributed by atoms with Crippen LogP contribution in [0.25, 0.3) is 33.5 Å². The zero-order valence-corrected chi connectivity index (χ0v) is 19.1. The first-order chi connectivity index (χ1) is 16.2. The van der Waals surface area contributed by atoms with Crippen molar-refractivity contribution >= 4 is 45.4 Å². The summed E-state index contributed by atoms with van der Waals surface area (Å²) in [6.07, 6.45) is 4.12. The predicted octanol–water partition coefficient (Wildman–Crippen LogP) is 6.25. The number of rotatable bonds is 5. The molecule has 0 amide bonds. The molecule has 5 aromatic rings. The van der Waals surface area contributed by atoms with Crippen molar-refractivity contribution in [1.29, 1.82) is 0 Å². The van der Waals surface area contributed by atoms with Crippen molar-refractivity contribution in [1.82, 2.24) is 19.7 Å². The minimum atomic E-state index is -0.129. The molecule has 0 unspecified atom stereocenters. The van der Waals surface area contributed by atoms with Gasteiger partial charge in [-0.3, -0.25) is 9.36 Å². The predicted molar refractivity (Wildman–Crippen MR) is 128 cm³/mol. The second-order valence-electron chi connectivity index (χ2n) is 8.09. The van der Waals surface area contributed by atoms with Gasteiger partial charge in [0.1, 0.15) is 11.1 Å². The smallest absolute Gasteiger partial charge is 0.298 e. The monoisotopic (exact) mass is 478 g/mol. The molecule has 7 nitrogen and oxygen atoms in total. The zero-order valence-electron chi connectivity index (χ0n) is 17.5. The van der Waals surface area contributed by atoms with E-state index in [-0.39, 0.29) is 11.6 Å². The van der Waals surface area contributed by atoms with Crippen molar-refractivity contribution in [3.05, 3.63) is 69.8 Å². The van der Waals surface area contributed by atoms with Gasteiger partial charge in [-0.15, -0.1) is 0 Å². The summed E-state index contributed by atoms with van der Waals surface area (Å²) in [5, 5.41) is 6.17. The van der Waals surface area contributed by atoms with Gasteiger partial charge in [0.2, 0.25) is 17.3 Å². The average molecular weight is 479 g/mol. The van der Waals surface area contributed by atoms with Gasteiger partial charge in [0.05, 0.1) is 5.75 Å². The Morgan fingerprint density at radius 1 is 1.09 bits per heavy atom. The third kappa shape index (κ3) is 3.73. The minimum Gasteiger partial charge on any atom is -0.448 e. The van der Waals surface area contributed by atoms with Crippen molar-refractivity contribution in [2.75, 3.05) is 0 Å². The highest BCUT2D eigenvalue weighted by Crippen LogP contribution is 2.35. The van der Waals surface area contributed by atoms with Crippen molar-refractivity contribution < 1.29 is 8.94 Å². The summed E-state index contributed by atoms with van der Waals surface area (Å²) >= 11 is 7.51. The molecule has 0 atom stereocenters. The van der Waals surface area contributed by atoms with Crippen LogP contribution >= 0.6 is 23.4 Å². The largest absolute Gasteiger partial charge is 0.448 e. The van der Waals surface area contributed by atoms with Crippen LogP contribution in [0.5, 0.6) is 0 Å². The SMILES string of the molecule is O=c1c2oc3ccccc3c2nc(SCc2nc(-c3cccc(Cl)c3)no2)n1C1CCCC1. The van der Waals surface area contributed by atoms with Crippen LogP contribution in [-0.2, 0) is 5.75 Å². The number of fused-ring (bicyclic) bond motifs is 3. The highest BCUT2D eigenvalue weighted by Gasteiger charge is 2.26. The number of benzene rings is 2. The fourth-order valence-electron chi connectivity index (χ4n) is 4.40. The second-order valence-corrected chi connectivity index (χ2v) is 9.47. The number of furan rings is 1. The molecule has 6 rings (SSSR count). The minimum absolute atomic E-state index is 0.120. The van der Waals surface area contributed by atoms with Crippen molar-refractivity contribution in [2.45, 2.75) is 42.6 Å². The Balaban J connectivity index is 1.38. The van der Waals surface area contributed by atoms with Gasteiger partial charge in [-0.25, -0.2) is 4.98 Å². The Morgan fingerprint density at radius 2 is 1.94 bits per heavy atom. The Morgan fingerprint density at radius 3 is 2.79 bits per heavy atom. The molecule has 0 N–H and O–H groups in total. The van der Waals surface area contributed by atoms with Crippen molar-refractivity contribution in [2.24, 2.45) is 0 Å². The molecule has 0 aliphatic heterocycles. The van der Waals surface area contributed by atoms with E-state index in [4.69, 9.17) is 25.5 Å². The maximum atomic E-state index is 13.5. The first-order valence-corrected chi connectivity index (χ1v) is 12.2. The highest BCUT2D eigenvalue weighted by atomic mass is 35.5. The fraction of sp³-hybridized carbons (Fsp3) is 0.250. The number of thioether (sulfide) groups is 1. The summed E-state index contributed by atoms with van der Waals surface area (Å²) in [5.74, 6) is 1.33. The van der Waals surface area contributed by atoms with Crippen LogP contribution in [0.15, 0.2) is 67.4 Å². The van der Waals surface area contributed by atoms with Crippen molar-refractivity contribution in [3.8, 4) is 11.4 Å². The molecule has 33 heavy (non-hydrogen) atoms. The molecule has 166 valence electrons. The third-order valence-electron chi connectivity index (χ3n) is 5.96. The van der Waals surface area contributed by atoms with Crippen LogP contribution in [-0.4, -0.2) is 19.7 Å². The molecule has 1 fully saturated rings. The average Bonchev–Trinajstić information content (AvgIpc) is 3.58. The number of halogens is 1. The summed E-state index contributed by atoms with van der Waals surface area (Å²) < 4.78 is 13.2. The Labute approximate surface area is 197 Å². The van der Waals surface area contributed by atoms with E-state index in [0.29, 0.717) is 44.3 Å². The number of nitrogens with zero attached hydrogens (tertiary/aromatic N) is 4. The number of hydrogen-bond acceptors (Lipinski definition) is 7. The summed E-state index contributed by atoms with van der Waals surface area (Å²) in [6.45, 7) is 0. The molecular formula is C24H19ClN4O3S.